The van der Waals surface area contributed by atoms with E-state index in [1.165, 1.54) is 4.40 Å². The molecule has 1 aromatic carbocycles. The largest absolute Gasteiger partial charge is 0.358 e. The highest BCUT2D eigenvalue weighted by Crippen LogP contribution is 2.11. The highest BCUT2D eigenvalue weighted by Gasteiger charge is 2.09. The van der Waals surface area contributed by atoms with Gasteiger partial charge in [-0.2, -0.15) is 4.98 Å². The van der Waals surface area contributed by atoms with Gasteiger partial charge in [-0.1, -0.05) is 23.7 Å². The lowest BCUT2D eigenvalue weighted by Gasteiger charge is -2.06. The summed E-state index contributed by atoms with van der Waals surface area (Å²) in [5.74, 6) is 0. The van der Waals surface area contributed by atoms with E-state index in [9.17, 15) is 9.59 Å². The Morgan fingerprint density at radius 3 is 2.68 bits per heavy atom. The molecule has 0 atom stereocenters. The van der Waals surface area contributed by atoms with E-state index < -0.39 is 11.4 Å². The van der Waals surface area contributed by atoms with Crippen LogP contribution in [0.3, 0.4) is 0 Å². The van der Waals surface area contributed by atoms with Gasteiger partial charge in [0.15, 0.2) is 0 Å². The van der Waals surface area contributed by atoms with Gasteiger partial charge in [0, 0.05) is 11.2 Å². The molecule has 0 spiro atoms. The van der Waals surface area contributed by atoms with Crippen LogP contribution in [0, 0.1) is 0 Å². The molecule has 0 bridgehead atoms. The van der Waals surface area contributed by atoms with Crippen molar-refractivity contribution < 1.29 is 0 Å². The van der Waals surface area contributed by atoms with Crippen LogP contribution in [-0.4, -0.2) is 14.0 Å². The van der Waals surface area contributed by atoms with Crippen LogP contribution in [-0.2, 0) is 0 Å². The Kier molecular flexibility index (Phi) is 2.68. The fourth-order valence-electron chi connectivity index (χ4n) is 1.86. The number of pyridine rings is 1. The van der Waals surface area contributed by atoms with Crippen molar-refractivity contribution in [3.8, 4) is 5.69 Å². The van der Waals surface area contributed by atoms with Crippen molar-refractivity contribution in [3.63, 3.8) is 0 Å². The number of halogens is 1. The first-order chi connectivity index (χ1) is 9.16. The van der Waals surface area contributed by atoms with Crippen molar-refractivity contribution in [2.75, 3.05) is 0 Å². The number of nitrogens with zero attached hydrogens (tertiary/aromatic N) is 3. The second-order valence-electron chi connectivity index (χ2n) is 3.92. The van der Waals surface area contributed by atoms with Crippen molar-refractivity contribution in [2.45, 2.75) is 0 Å². The zero-order chi connectivity index (χ0) is 13.4. The Morgan fingerprint density at radius 2 is 1.89 bits per heavy atom. The molecule has 6 heteroatoms. The lowest BCUT2D eigenvalue weighted by Crippen LogP contribution is -2.37. The summed E-state index contributed by atoms with van der Waals surface area (Å²) >= 11 is 5.87. The first-order valence-electron chi connectivity index (χ1n) is 5.53. The van der Waals surface area contributed by atoms with Gasteiger partial charge in [0.1, 0.15) is 5.65 Å². The van der Waals surface area contributed by atoms with Crippen LogP contribution in [0.5, 0.6) is 0 Å². The number of hydrogen-bond acceptors (Lipinski definition) is 3. The maximum Gasteiger partial charge on any atom is 0.358 e. The number of hydrogen-bond donors (Lipinski definition) is 0. The summed E-state index contributed by atoms with van der Waals surface area (Å²) in [7, 11) is 0. The van der Waals surface area contributed by atoms with E-state index in [4.69, 9.17) is 11.6 Å². The normalized spacial score (nSPS) is 10.8. The number of fused-ring (bicyclic) bond motifs is 1. The van der Waals surface area contributed by atoms with E-state index in [1.807, 2.05) is 0 Å². The first kappa shape index (κ1) is 11.7. The quantitative estimate of drug-likeness (QED) is 0.675. The van der Waals surface area contributed by atoms with Crippen LogP contribution in [0.4, 0.5) is 0 Å². The first-order valence-corrected chi connectivity index (χ1v) is 5.91. The van der Waals surface area contributed by atoms with E-state index in [2.05, 4.69) is 4.98 Å². The molecule has 5 nitrogen and oxygen atoms in total. The molecular weight excluding hydrogens is 266 g/mol. The molecule has 0 aliphatic carbocycles. The van der Waals surface area contributed by atoms with Crippen molar-refractivity contribution in [2.24, 2.45) is 0 Å². The average Bonchev–Trinajstić information content (AvgIpc) is 2.39. The molecule has 3 aromatic rings. The van der Waals surface area contributed by atoms with Gasteiger partial charge in [-0.25, -0.2) is 14.2 Å². The van der Waals surface area contributed by atoms with Gasteiger partial charge in [0.2, 0.25) is 0 Å². The Hall–Kier alpha value is -2.40. The standard InChI is InChI=1S/C13H8ClN3O2/c14-9-4-3-5-10(8-9)17-12(18)15-11-6-1-2-7-16(11)13(17)19/h1-8H. The predicted molar refractivity (Wildman–Crippen MR) is 72.1 cm³/mol. The molecule has 2 heterocycles. The number of benzene rings is 1. The van der Waals surface area contributed by atoms with Crippen LogP contribution in [0.15, 0.2) is 58.3 Å². The van der Waals surface area contributed by atoms with Crippen LogP contribution >= 0.6 is 11.6 Å². The lowest BCUT2D eigenvalue weighted by atomic mass is 10.3. The summed E-state index contributed by atoms with van der Waals surface area (Å²) in [5, 5.41) is 0.446. The third-order valence-corrected chi connectivity index (χ3v) is 2.94. The maximum absolute atomic E-state index is 12.3. The van der Waals surface area contributed by atoms with E-state index in [-0.39, 0.29) is 0 Å². The molecule has 0 unspecified atom stereocenters. The molecule has 0 aliphatic rings. The summed E-state index contributed by atoms with van der Waals surface area (Å²) < 4.78 is 2.29. The Labute approximate surface area is 112 Å². The summed E-state index contributed by atoms with van der Waals surface area (Å²) in [4.78, 5) is 28.1. The van der Waals surface area contributed by atoms with E-state index >= 15 is 0 Å². The third kappa shape index (κ3) is 1.94. The van der Waals surface area contributed by atoms with Gasteiger partial charge in [-0.15, -0.1) is 0 Å². The minimum atomic E-state index is -0.626. The summed E-state index contributed by atoms with van der Waals surface area (Å²) in [5.41, 5.74) is -0.389. The zero-order valence-electron chi connectivity index (χ0n) is 9.65. The molecule has 0 saturated heterocycles. The molecule has 19 heavy (non-hydrogen) atoms. The highest BCUT2D eigenvalue weighted by atomic mass is 35.5. The summed E-state index contributed by atoms with van der Waals surface area (Å²) in [6, 6.07) is 11.5. The van der Waals surface area contributed by atoms with Crippen molar-refractivity contribution in [1.29, 1.82) is 0 Å². The number of aromatic nitrogens is 3. The Balaban J connectivity index is 2.42. The zero-order valence-corrected chi connectivity index (χ0v) is 10.4. The van der Waals surface area contributed by atoms with Crippen LogP contribution in [0.2, 0.25) is 5.02 Å². The Bertz CT molecular complexity index is 883. The minimum absolute atomic E-state index is 0.316. The molecule has 0 saturated carbocycles. The molecule has 94 valence electrons. The average molecular weight is 274 g/mol. The molecule has 0 radical (unpaired) electrons. The number of rotatable bonds is 1. The van der Waals surface area contributed by atoms with E-state index in [1.54, 1.807) is 48.7 Å². The van der Waals surface area contributed by atoms with Crippen LogP contribution < -0.4 is 11.4 Å². The summed E-state index contributed by atoms with van der Waals surface area (Å²) in [6.07, 6.45) is 1.56. The lowest BCUT2D eigenvalue weighted by molar-refractivity contribution is 0.794. The van der Waals surface area contributed by atoms with Gasteiger partial charge in [-0.05, 0) is 30.3 Å². The van der Waals surface area contributed by atoms with Crippen molar-refractivity contribution in [1.82, 2.24) is 14.0 Å². The van der Waals surface area contributed by atoms with Gasteiger partial charge in [0.25, 0.3) is 0 Å². The van der Waals surface area contributed by atoms with Gasteiger partial charge in [0.05, 0.1) is 5.69 Å². The Morgan fingerprint density at radius 1 is 1.05 bits per heavy atom. The smallest absolute Gasteiger partial charge is 0.252 e. The topological polar surface area (TPSA) is 56.4 Å². The molecule has 0 aliphatic heterocycles. The SMILES string of the molecule is O=c1nc2ccccn2c(=O)n1-c1cccc(Cl)c1. The molecule has 2 aromatic heterocycles. The molecule has 0 amide bonds. The van der Waals surface area contributed by atoms with E-state index in [0.717, 1.165) is 4.57 Å². The second kappa shape index (κ2) is 4.37. The maximum atomic E-state index is 12.3. The summed E-state index contributed by atoms with van der Waals surface area (Å²) in [6.45, 7) is 0. The molecular formula is C13H8ClN3O2. The third-order valence-electron chi connectivity index (χ3n) is 2.70. The van der Waals surface area contributed by atoms with Crippen molar-refractivity contribution >= 4 is 17.2 Å². The van der Waals surface area contributed by atoms with E-state index in [0.29, 0.717) is 16.4 Å². The predicted octanol–water partition coefficient (Wildman–Crippen LogP) is 1.50. The monoisotopic (exact) mass is 273 g/mol. The minimum Gasteiger partial charge on any atom is -0.252 e. The van der Waals surface area contributed by atoms with Crippen LogP contribution in [0.25, 0.3) is 11.3 Å². The van der Waals surface area contributed by atoms with Crippen molar-refractivity contribution in [3.05, 3.63) is 74.7 Å². The van der Waals surface area contributed by atoms with Gasteiger partial charge >= 0.3 is 11.4 Å². The highest BCUT2D eigenvalue weighted by molar-refractivity contribution is 6.30. The fraction of sp³-hybridized carbons (Fsp3) is 0. The second-order valence-corrected chi connectivity index (χ2v) is 4.36. The molecule has 0 fully saturated rings. The fourth-order valence-corrected chi connectivity index (χ4v) is 2.05. The molecule has 0 N–H and O–H groups in total. The van der Waals surface area contributed by atoms with Gasteiger partial charge < -0.3 is 0 Å². The molecule has 3 rings (SSSR count). The van der Waals surface area contributed by atoms with Crippen LogP contribution in [0.1, 0.15) is 0 Å². The van der Waals surface area contributed by atoms with Gasteiger partial charge in [-0.3, -0.25) is 4.40 Å².